The number of benzene rings is 1. The van der Waals surface area contributed by atoms with Gasteiger partial charge in [-0.05, 0) is 37.8 Å². The lowest BCUT2D eigenvalue weighted by Crippen LogP contribution is -2.42. The highest BCUT2D eigenvalue weighted by atomic mass is 127. The van der Waals surface area contributed by atoms with Gasteiger partial charge in [0.25, 0.3) is 0 Å². The first-order valence-corrected chi connectivity index (χ1v) is 9.09. The van der Waals surface area contributed by atoms with Gasteiger partial charge >= 0.3 is 6.18 Å². The fourth-order valence-corrected chi connectivity index (χ4v) is 3.34. The standard InChI is InChI=1S/C19H28F3N3O.HI/c1-3-23-17(24-11-8-19(20,21)22)25-14-18(9-12-26-13-10-18)16-7-5-4-6-15(16)2;/h4-7H,3,8-14H2,1-2H3,(H2,23,24,25);1H. The van der Waals surface area contributed by atoms with Crippen LogP contribution in [-0.4, -0.2) is 45.0 Å². The fraction of sp³-hybridized carbons (Fsp3) is 0.632. The van der Waals surface area contributed by atoms with Crippen LogP contribution in [0.3, 0.4) is 0 Å². The molecule has 4 nitrogen and oxygen atoms in total. The number of nitrogens with zero attached hydrogens (tertiary/aromatic N) is 1. The maximum absolute atomic E-state index is 12.4. The summed E-state index contributed by atoms with van der Waals surface area (Å²) in [6.45, 7) is 6.25. The van der Waals surface area contributed by atoms with Gasteiger partial charge in [-0.1, -0.05) is 24.3 Å². The third kappa shape index (κ3) is 7.48. The van der Waals surface area contributed by atoms with E-state index in [9.17, 15) is 13.2 Å². The molecular weight excluding hydrogens is 470 g/mol. The van der Waals surface area contributed by atoms with E-state index < -0.39 is 12.6 Å². The van der Waals surface area contributed by atoms with Crippen molar-refractivity contribution in [2.45, 2.75) is 44.7 Å². The van der Waals surface area contributed by atoms with E-state index in [1.54, 1.807) is 0 Å². The zero-order valence-electron chi connectivity index (χ0n) is 15.9. The van der Waals surface area contributed by atoms with Gasteiger partial charge in [0.1, 0.15) is 0 Å². The van der Waals surface area contributed by atoms with Crippen molar-refractivity contribution in [2.75, 3.05) is 32.8 Å². The molecule has 27 heavy (non-hydrogen) atoms. The Bertz CT molecular complexity index is 602. The van der Waals surface area contributed by atoms with Crippen molar-refractivity contribution >= 4 is 29.9 Å². The summed E-state index contributed by atoms with van der Waals surface area (Å²) in [6, 6.07) is 8.25. The number of halogens is 4. The second-order valence-corrected chi connectivity index (χ2v) is 6.69. The second-order valence-electron chi connectivity index (χ2n) is 6.69. The Labute approximate surface area is 176 Å². The molecule has 0 saturated carbocycles. The minimum atomic E-state index is -4.17. The maximum Gasteiger partial charge on any atom is 0.390 e. The van der Waals surface area contributed by atoms with Crippen molar-refractivity contribution in [3.05, 3.63) is 35.4 Å². The monoisotopic (exact) mass is 499 g/mol. The predicted molar refractivity (Wildman–Crippen MR) is 113 cm³/mol. The lowest BCUT2D eigenvalue weighted by molar-refractivity contribution is -0.132. The van der Waals surface area contributed by atoms with Crippen LogP contribution >= 0.6 is 24.0 Å². The number of aliphatic imine (C=N–C) groups is 1. The third-order valence-electron chi connectivity index (χ3n) is 4.75. The van der Waals surface area contributed by atoms with Crippen molar-refractivity contribution in [1.29, 1.82) is 0 Å². The average molecular weight is 499 g/mol. The zero-order valence-corrected chi connectivity index (χ0v) is 18.2. The minimum Gasteiger partial charge on any atom is -0.381 e. The molecule has 0 amide bonds. The molecule has 1 heterocycles. The molecular formula is C19H29F3IN3O. The number of guanidine groups is 1. The average Bonchev–Trinajstić information content (AvgIpc) is 2.60. The van der Waals surface area contributed by atoms with E-state index in [0.717, 1.165) is 12.8 Å². The van der Waals surface area contributed by atoms with Crippen molar-refractivity contribution in [3.63, 3.8) is 0 Å². The van der Waals surface area contributed by atoms with E-state index in [1.165, 1.54) is 11.1 Å². The Hall–Kier alpha value is -1.03. The number of alkyl halides is 3. The fourth-order valence-electron chi connectivity index (χ4n) is 3.34. The molecule has 1 fully saturated rings. The van der Waals surface area contributed by atoms with Gasteiger partial charge in [-0.25, -0.2) is 0 Å². The largest absolute Gasteiger partial charge is 0.390 e. The summed E-state index contributed by atoms with van der Waals surface area (Å²) in [5.74, 6) is 0.427. The van der Waals surface area contributed by atoms with Gasteiger partial charge in [0.05, 0.1) is 13.0 Å². The van der Waals surface area contributed by atoms with Gasteiger partial charge in [0, 0.05) is 31.7 Å². The van der Waals surface area contributed by atoms with Gasteiger partial charge in [0.2, 0.25) is 0 Å². The molecule has 1 saturated heterocycles. The summed E-state index contributed by atoms with van der Waals surface area (Å²) in [7, 11) is 0. The number of rotatable bonds is 6. The molecule has 8 heteroatoms. The molecule has 1 aliphatic heterocycles. The van der Waals surface area contributed by atoms with Crippen LogP contribution in [0, 0.1) is 6.92 Å². The molecule has 0 aromatic heterocycles. The summed E-state index contributed by atoms with van der Waals surface area (Å²) < 4.78 is 42.7. The van der Waals surface area contributed by atoms with Crippen LogP contribution in [0.5, 0.6) is 0 Å². The smallest absolute Gasteiger partial charge is 0.381 e. The van der Waals surface area contributed by atoms with Crippen molar-refractivity contribution < 1.29 is 17.9 Å². The van der Waals surface area contributed by atoms with Gasteiger partial charge in [-0.15, -0.1) is 24.0 Å². The Balaban J connectivity index is 0.00000364. The molecule has 2 N–H and O–H groups in total. The Morgan fingerprint density at radius 2 is 1.85 bits per heavy atom. The number of aryl methyl sites for hydroxylation is 1. The molecule has 0 atom stereocenters. The predicted octanol–water partition coefficient (Wildman–Crippen LogP) is 4.17. The minimum absolute atomic E-state index is 0. The summed E-state index contributed by atoms with van der Waals surface area (Å²) in [4.78, 5) is 4.62. The van der Waals surface area contributed by atoms with E-state index in [1.807, 2.05) is 19.1 Å². The molecule has 1 aromatic carbocycles. The number of nitrogens with one attached hydrogen (secondary N) is 2. The molecule has 0 bridgehead atoms. The first kappa shape index (κ1) is 24.0. The van der Waals surface area contributed by atoms with E-state index in [-0.39, 0.29) is 35.9 Å². The highest BCUT2D eigenvalue weighted by molar-refractivity contribution is 14.0. The lowest BCUT2D eigenvalue weighted by Gasteiger charge is -2.37. The Morgan fingerprint density at radius 3 is 2.44 bits per heavy atom. The molecule has 0 spiro atoms. The van der Waals surface area contributed by atoms with Crippen LogP contribution in [0.15, 0.2) is 29.3 Å². The number of ether oxygens (including phenoxy) is 1. The van der Waals surface area contributed by atoms with Crippen LogP contribution in [0.4, 0.5) is 13.2 Å². The van der Waals surface area contributed by atoms with E-state index >= 15 is 0 Å². The molecule has 1 aromatic rings. The van der Waals surface area contributed by atoms with E-state index in [4.69, 9.17) is 4.74 Å². The third-order valence-corrected chi connectivity index (χ3v) is 4.75. The molecule has 0 radical (unpaired) electrons. The normalized spacial score (nSPS) is 17.1. The lowest BCUT2D eigenvalue weighted by atomic mass is 9.72. The van der Waals surface area contributed by atoms with Crippen LogP contribution in [0.25, 0.3) is 0 Å². The van der Waals surface area contributed by atoms with Gasteiger partial charge in [0.15, 0.2) is 5.96 Å². The second kappa shape index (κ2) is 11.1. The van der Waals surface area contributed by atoms with Crippen molar-refractivity contribution in [2.24, 2.45) is 4.99 Å². The van der Waals surface area contributed by atoms with Gasteiger partial charge < -0.3 is 15.4 Å². The van der Waals surface area contributed by atoms with Crippen molar-refractivity contribution in [3.8, 4) is 0 Å². The zero-order chi connectivity index (χ0) is 19.0. The SMILES string of the molecule is CCNC(=NCC1(c2ccccc2C)CCOCC1)NCCC(F)(F)F.I. The quantitative estimate of drug-likeness (QED) is 0.351. The Morgan fingerprint density at radius 1 is 1.19 bits per heavy atom. The van der Waals surface area contributed by atoms with Crippen LogP contribution in [0.1, 0.15) is 37.3 Å². The summed E-state index contributed by atoms with van der Waals surface area (Å²) in [5.41, 5.74) is 2.31. The molecule has 1 aliphatic rings. The first-order valence-electron chi connectivity index (χ1n) is 9.09. The van der Waals surface area contributed by atoms with Crippen LogP contribution in [-0.2, 0) is 10.2 Å². The van der Waals surface area contributed by atoms with E-state index in [0.29, 0.717) is 32.3 Å². The number of hydrogen-bond acceptors (Lipinski definition) is 2. The Kier molecular flexibility index (Phi) is 9.86. The van der Waals surface area contributed by atoms with E-state index in [2.05, 4.69) is 34.7 Å². The highest BCUT2D eigenvalue weighted by Gasteiger charge is 2.35. The summed E-state index contributed by atoms with van der Waals surface area (Å²) in [6.07, 6.45) is -3.35. The molecule has 154 valence electrons. The molecule has 0 unspecified atom stereocenters. The van der Waals surface area contributed by atoms with Crippen LogP contribution < -0.4 is 10.6 Å². The van der Waals surface area contributed by atoms with Gasteiger partial charge in [-0.3, -0.25) is 4.99 Å². The van der Waals surface area contributed by atoms with Crippen molar-refractivity contribution in [1.82, 2.24) is 10.6 Å². The molecule has 0 aliphatic carbocycles. The van der Waals surface area contributed by atoms with Gasteiger partial charge in [-0.2, -0.15) is 13.2 Å². The summed E-state index contributed by atoms with van der Waals surface area (Å²) >= 11 is 0. The maximum atomic E-state index is 12.4. The first-order chi connectivity index (χ1) is 12.4. The van der Waals surface area contributed by atoms with Crippen LogP contribution in [0.2, 0.25) is 0 Å². The number of hydrogen-bond donors (Lipinski definition) is 2. The highest BCUT2D eigenvalue weighted by Crippen LogP contribution is 2.37. The topological polar surface area (TPSA) is 45.7 Å². The molecule has 2 rings (SSSR count). The summed E-state index contributed by atoms with van der Waals surface area (Å²) in [5, 5.41) is 5.82.